The van der Waals surface area contributed by atoms with E-state index in [1.165, 1.54) is 4.68 Å². The molecule has 3 aromatic rings. The van der Waals surface area contributed by atoms with Crippen LogP contribution in [0.15, 0.2) is 47.3 Å². The summed E-state index contributed by atoms with van der Waals surface area (Å²) in [6, 6.07) is 13.1. The van der Waals surface area contributed by atoms with Crippen molar-refractivity contribution in [2.75, 3.05) is 5.32 Å². The van der Waals surface area contributed by atoms with E-state index in [4.69, 9.17) is 11.6 Å². The highest BCUT2D eigenvalue weighted by Gasteiger charge is 2.06. The lowest BCUT2D eigenvalue weighted by atomic mass is 10.1. The second kappa shape index (κ2) is 6.42. The third-order valence-electron chi connectivity index (χ3n) is 3.91. The zero-order valence-electron chi connectivity index (χ0n) is 13.6. The number of H-pyrrole nitrogens is 1. The largest absolute Gasteiger partial charge is 0.360 e. The molecule has 1 aromatic heterocycles. The number of para-hydroxylation sites is 1. The first kappa shape index (κ1) is 16.1. The van der Waals surface area contributed by atoms with Crippen molar-refractivity contribution < 1.29 is 0 Å². The van der Waals surface area contributed by atoms with Gasteiger partial charge in [0.05, 0.1) is 16.3 Å². The highest BCUT2D eigenvalue weighted by atomic mass is 35.5. The Kier molecular flexibility index (Phi) is 4.32. The molecule has 0 saturated heterocycles. The Morgan fingerprint density at radius 3 is 2.50 bits per heavy atom. The monoisotopic (exact) mass is 339 g/mol. The van der Waals surface area contributed by atoms with Gasteiger partial charge in [-0.3, -0.25) is 9.89 Å². The number of aromatic nitrogens is 2. The van der Waals surface area contributed by atoms with Crippen LogP contribution in [0.3, 0.4) is 0 Å². The molecule has 0 atom stereocenters. The average molecular weight is 340 g/mol. The summed E-state index contributed by atoms with van der Waals surface area (Å²) in [5.41, 5.74) is 3.71. The molecule has 0 unspecified atom stereocenters. The highest BCUT2D eigenvalue weighted by Crippen LogP contribution is 2.19. The van der Waals surface area contributed by atoms with Gasteiger partial charge in [0.1, 0.15) is 0 Å². The molecule has 1 heterocycles. The molecular formula is C19H18ClN3O. The molecule has 0 radical (unpaired) electrons. The third kappa shape index (κ3) is 3.01. The topological polar surface area (TPSA) is 49.8 Å². The summed E-state index contributed by atoms with van der Waals surface area (Å²) in [6.07, 6.45) is 1.69. The predicted octanol–water partition coefficient (Wildman–Crippen LogP) is 2.70. The van der Waals surface area contributed by atoms with Crippen LogP contribution in [0.25, 0.3) is 18.5 Å². The molecule has 0 fully saturated rings. The van der Waals surface area contributed by atoms with Crippen LogP contribution in [0.5, 0.6) is 0 Å². The van der Waals surface area contributed by atoms with E-state index in [-0.39, 0.29) is 5.56 Å². The fourth-order valence-electron chi connectivity index (χ4n) is 2.63. The van der Waals surface area contributed by atoms with Crippen molar-refractivity contribution in [1.82, 2.24) is 9.78 Å². The number of aryl methyl sites for hydroxylation is 2. The summed E-state index contributed by atoms with van der Waals surface area (Å²) in [5, 5.41) is 7.81. The minimum atomic E-state index is -0.180. The van der Waals surface area contributed by atoms with Crippen LogP contribution >= 0.6 is 11.6 Å². The maximum Gasteiger partial charge on any atom is 0.280 e. The zero-order chi connectivity index (χ0) is 17.3. The first-order valence-corrected chi connectivity index (χ1v) is 7.94. The van der Waals surface area contributed by atoms with Gasteiger partial charge in [-0.1, -0.05) is 42.4 Å². The molecule has 122 valence electrons. The Hall–Kier alpha value is -2.72. The molecule has 4 nitrogen and oxygen atoms in total. The number of anilines is 1. The lowest BCUT2D eigenvalue weighted by Crippen LogP contribution is -2.34. The SMILES string of the molecule is C=c1[nH]n(-c2cccc(Cl)c2)c(=O)c1=CNc1c(C)cccc1C. The number of hydrogen-bond acceptors (Lipinski definition) is 2. The fourth-order valence-corrected chi connectivity index (χ4v) is 2.81. The van der Waals surface area contributed by atoms with E-state index in [9.17, 15) is 4.79 Å². The number of nitrogens with zero attached hydrogens (tertiary/aromatic N) is 1. The molecule has 0 aliphatic heterocycles. The molecular weight excluding hydrogens is 322 g/mol. The quantitative estimate of drug-likeness (QED) is 0.771. The Labute approximate surface area is 144 Å². The molecule has 24 heavy (non-hydrogen) atoms. The first-order valence-electron chi connectivity index (χ1n) is 7.56. The lowest BCUT2D eigenvalue weighted by Gasteiger charge is -2.08. The Morgan fingerprint density at radius 1 is 1.17 bits per heavy atom. The smallest absolute Gasteiger partial charge is 0.280 e. The van der Waals surface area contributed by atoms with Gasteiger partial charge in [-0.25, -0.2) is 4.68 Å². The van der Waals surface area contributed by atoms with E-state index in [0.29, 0.717) is 21.3 Å². The Bertz CT molecular complexity index is 1040. The maximum atomic E-state index is 12.7. The van der Waals surface area contributed by atoms with E-state index in [0.717, 1.165) is 16.8 Å². The van der Waals surface area contributed by atoms with Gasteiger partial charge in [0.25, 0.3) is 5.56 Å². The summed E-state index contributed by atoms with van der Waals surface area (Å²) < 4.78 is 1.44. The number of rotatable bonds is 3. The molecule has 0 aliphatic rings. The molecule has 2 aromatic carbocycles. The van der Waals surface area contributed by atoms with Crippen molar-refractivity contribution >= 4 is 30.1 Å². The van der Waals surface area contributed by atoms with Gasteiger partial charge in [-0.05, 0) is 43.2 Å². The fraction of sp³-hybridized carbons (Fsp3) is 0.105. The number of nitrogens with one attached hydrogen (secondary N) is 2. The molecule has 0 saturated carbocycles. The van der Waals surface area contributed by atoms with Crippen molar-refractivity contribution in [3.63, 3.8) is 0 Å². The van der Waals surface area contributed by atoms with E-state index in [1.54, 1.807) is 24.4 Å². The number of halogens is 1. The average Bonchev–Trinajstić information content (AvgIpc) is 2.82. The number of hydrogen-bond donors (Lipinski definition) is 2. The van der Waals surface area contributed by atoms with Crippen LogP contribution in [0.2, 0.25) is 5.02 Å². The van der Waals surface area contributed by atoms with E-state index >= 15 is 0 Å². The minimum absolute atomic E-state index is 0.180. The number of benzene rings is 2. The molecule has 0 bridgehead atoms. The van der Waals surface area contributed by atoms with Crippen LogP contribution in [-0.2, 0) is 0 Å². The van der Waals surface area contributed by atoms with Crippen molar-refractivity contribution in [1.29, 1.82) is 0 Å². The first-order chi connectivity index (χ1) is 11.5. The zero-order valence-corrected chi connectivity index (χ0v) is 14.3. The van der Waals surface area contributed by atoms with E-state index in [1.807, 2.05) is 38.1 Å². The van der Waals surface area contributed by atoms with Gasteiger partial charge in [0.15, 0.2) is 0 Å². The van der Waals surface area contributed by atoms with Crippen molar-refractivity contribution in [2.45, 2.75) is 13.8 Å². The molecule has 0 aliphatic carbocycles. The third-order valence-corrected chi connectivity index (χ3v) is 4.15. The second-order valence-corrected chi connectivity index (χ2v) is 6.12. The van der Waals surface area contributed by atoms with Gasteiger partial charge in [0.2, 0.25) is 0 Å². The van der Waals surface area contributed by atoms with Gasteiger partial charge < -0.3 is 5.32 Å². The van der Waals surface area contributed by atoms with Gasteiger partial charge >= 0.3 is 0 Å². The minimum Gasteiger partial charge on any atom is -0.360 e. The molecule has 3 rings (SSSR count). The standard InChI is InChI=1S/C19H18ClN3O/c1-12-6-4-7-13(2)18(12)21-11-17-14(3)22-23(19(17)24)16-9-5-8-15(20)10-16/h4-11,21-22H,3H2,1-2H3. The molecule has 5 heteroatoms. The lowest BCUT2D eigenvalue weighted by molar-refractivity contribution is 0.838. The molecule has 0 spiro atoms. The van der Waals surface area contributed by atoms with Crippen LogP contribution in [-0.4, -0.2) is 9.78 Å². The van der Waals surface area contributed by atoms with E-state index < -0.39 is 0 Å². The van der Waals surface area contributed by atoms with Gasteiger partial charge in [-0.15, -0.1) is 0 Å². The Balaban J connectivity index is 2.07. The molecule has 2 N–H and O–H groups in total. The van der Waals surface area contributed by atoms with Crippen LogP contribution < -0.4 is 21.4 Å². The van der Waals surface area contributed by atoms with E-state index in [2.05, 4.69) is 17.0 Å². The highest BCUT2D eigenvalue weighted by molar-refractivity contribution is 6.30. The van der Waals surface area contributed by atoms with Crippen molar-refractivity contribution in [3.8, 4) is 5.69 Å². The van der Waals surface area contributed by atoms with Crippen LogP contribution in [0.4, 0.5) is 5.69 Å². The molecule has 0 amide bonds. The second-order valence-electron chi connectivity index (χ2n) is 5.68. The van der Waals surface area contributed by atoms with Gasteiger partial charge in [-0.2, -0.15) is 0 Å². The summed E-state index contributed by atoms with van der Waals surface area (Å²) in [4.78, 5) is 12.7. The Morgan fingerprint density at radius 2 is 1.83 bits per heavy atom. The normalized spacial score (nSPS) is 11.7. The van der Waals surface area contributed by atoms with Crippen molar-refractivity contribution in [3.05, 3.63) is 79.5 Å². The van der Waals surface area contributed by atoms with Gasteiger partial charge in [0, 0.05) is 16.9 Å². The van der Waals surface area contributed by atoms with Crippen LogP contribution in [0, 0.1) is 13.8 Å². The maximum absolute atomic E-state index is 12.7. The number of aromatic amines is 1. The van der Waals surface area contributed by atoms with Crippen molar-refractivity contribution in [2.24, 2.45) is 0 Å². The summed E-state index contributed by atoms with van der Waals surface area (Å²) >= 11 is 6.00. The predicted molar refractivity (Wildman–Crippen MR) is 100 cm³/mol. The summed E-state index contributed by atoms with van der Waals surface area (Å²) in [6.45, 7) is 7.97. The summed E-state index contributed by atoms with van der Waals surface area (Å²) in [5.74, 6) is 0. The summed E-state index contributed by atoms with van der Waals surface area (Å²) in [7, 11) is 0. The van der Waals surface area contributed by atoms with Crippen LogP contribution in [0.1, 0.15) is 11.1 Å².